The lowest BCUT2D eigenvalue weighted by atomic mass is 9.82. The Morgan fingerprint density at radius 1 is 1.50 bits per heavy atom. The minimum absolute atomic E-state index is 0.121. The molecule has 1 aromatic rings. The van der Waals surface area contributed by atoms with Gasteiger partial charge in [-0.1, -0.05) is 0 Å². The Hall–Kier alpha value is -1.76. The predicted octanol–water partition coefficient (Wildman–Crippen LogP) is 0.568. The molecule has 0 saturated heterocycles. The molecule has 0 amide bonds. The maximum atomic E-state index is 10.3. The number of rotatable bonds is 4. The molecule has 0 aliphatic heterocycles. The zero-order chi connectivity index (χ0) is 11.5. The molecule has 1 heterocycles. The van der Waals surface area contributed by atoms with Gasteiger partial charge in [0, 0.05) is 6.54 Å². The Labute approximate surface area is 91.7 Å². The number of nitrogens with one attached hydrogen (secondary N) is 1. The minimum Gasteiger partial charge on any atom is -0.393 e. The van der Waals surface area contributed by atoms with Crippen molar-refractivity contribution >= 4 is 11.6 Å². The number of aliphatic hydroxyl groups excluding tert-OH is 1. The van der Waals surface area contributed by atoms with Gasteiger partial charge in [0.25, 0.3) is 0 Å². The summed E-state index contributed by atoms with van der Waals surface area (Å²) in [6.07, 6.45) is 3.75. The van der Waals surface area contributed by atoms with Crippen LogP contribution in [0.5, 0.6) is 0 Å². The molecule has 16 heavy (non-hydrogen) atoms. The van der Waals surface area contributed by atoms with E-state index in [1.807, 2.05) is 0 Å². The highest BCUT2D eigenvalue weighted by Gasteiger charge is 2.26. The van der Waals surface area contributed by atoms with Crippen LogP contribution in [-0.2, 0) is 0 Å². The lowest BCUT2D eigenvalue weighted by Crippen LogP contribution is -2.33. The second-order valence-electron chi connectivity index (χ2n) is 3.89. The summed E-state index contributed by atoms with van der Waals surface area (Å²) < 4.78 is 0. The summed E-state index contributed by atoms with van der Waals surface area (Å²) in [5.41, 5.74) is -0.121. The largest absolute Gasteiger partial charge is 0.393 e. The molecule has 1 aliphatic carbocycles. The van der Waals surface area contributed by atoms with E-state index in [-0.39, 0.29) is 11.8 Å². The van der Waals surface area contributed by atoms with Crippen molar-refractivity contribution in [1.82, 2.24) is 9.97 Å². The number of aliphatic hydroxyl groups is 1. The summed E-state index contributed by atoms with van der Waals surface area (Å²) >= 11 is 0. The second kappa shape index (κ2) is 4.40. The van der Waals surface area contributed by atoms with Crippen molar-refractivity contribution in [1.29, 1.82) is 0 Å². The Morgan fingerprint density at radius 3 is 2.62 bits per heavy atom. The van der Waals surface area contributed by atoms with Gasteiger partial charge in [0.2, 0.25) is 5.95 Å². The van der Waals surface area contributed by atoms with E-state index < -0.39 is 4.92 Å². The van der Waals surface area contributed by atoms with Crippen molar-refractivity contribution < 1.29 is 10.0 Å². The Balaban J connectivity index is 1.83. The zero-order valence-corrected chi connectivity index (χ0v) is 8.54. The van der Waals surface area contributed by atoms with E-state index in [4.69, 9.17) is 5.11 Å². The first-order chi connectivity index (χ1) is 7.65. The number of anilines is 1. The standard InChI is InChI=1S/C9H12N4O3/c14-8-1-6(2-8)3-10-9-11-4-7(5-12-9)13(15)16/h4-6,8,14H,1-3H2,(H,10,11,12). The molecule has 0 spiro atoms. The molecule has 2 rings (SSSR count). The summed E-state index contributed by atoms with van der Waals surface area (Å²) in [4.78, 5) is 17.5. The van der Waals surface area contributed by atoms with Crippen LogP contribution in [0.4, 0.5) is 11.6 Å². The highest BCUT2D eigenvalue weighted by Crippen LogP contribution is 2.26. The van der Waals surface area contributed by atoms with Crippen LogP contribution in [0.3, 0.4) is 0 Å². The van der Waals surface area contributed by atoms with Crippen LogP contribution >= 0.6 is 0 Å². The van der Waals surface area contributed by atoms with E-state index in [9.17, 15) is 10.1 Å². The average molecular weight is 224 g/mol. The molecule has 0 aromatic carbocycles. The first-order valence-electron chi connectivity index (χ1n) is 5.03. The van der Waals surface area contributed by atoms with Gasteiger partial charge < -0.3 is 10.4 Å². The quantitative estimate of drug-likeness (QED) is 0.572. The smallest absolute Gasteiger partial charge is 0.305 e. The summed E-state index contributed by atoms with van der Waals surface area (Å²) in [6.45, 7) is 0.689. The highest BCUT2D eigenvalue weighted by atomic mass is 16.6. The topological polar surface area (TPSA) is 101 Å². The summed E-state index contributed by atoms with van der Waals surface area (Å²) in [6, 6.07) is 0. The number of hydrogen-bond acceptors (Lipinski definition) is 6. The first kappa shape index (κ1) is 10.7. The fourth-order valence-electron chi connectivity index (χ4n) is 1.61. The van der Waals surface area contributed by atoms with Crippen LogP contribution < -0.4 is 5.32 Å². The molecule has 1 aromatic heterocycles. The summed E-state index contributed by atoms with van der Waals surface area (Å²) in [5, 5.41) is 22.4. The Kier molecular flexibility index (Phi) is 2.95. The molecular weight excluding hydrogens is 212 g/mol. The van der Waals surface area contributed by atoms with E-state index >= 15 is 0 Å². The molecule has 1 saturated carbocycles. The van der Waals surface area contributed by atoms with Crippen LogP contribution in [0.2, 0.25) is 0 Å². The number of nitro groups is 1. The van der Waals surface area contributed by atoms with Crippen molar-refractivity contribution in [2.45, 2.75) is 18.9 Å². The first-order valence-corrected chi connectivity index (χ1v) is 5.03. The fourth-order valence-corrected chi connectivity index (χ4v) is 1.61. The second-order valence-corrected chi connectivity index (χ2v) is 3.89. The van der Waals surface area contributed by atoms with Gasteiger partial charge in [-0.05, 0) is 18.8 Å². The van der Waals surface area contributed by atoms with Crippen molar-refractivity contribution in [3.8, 4) is 0 Å². The predicted molar refractivity (Wildman–Crippen MR) is 55.9 cm³/mol. The Morgan fingerprint density at radius 2 is 2.12 bits per heavy atom. The molecule has 2 N–H and O–H groups in total. The van der Waals surface area contributed by atoms with Gasteiger partial charge in [-0.25, -0.2) is 9.97 Å². The lowest BCUT2D eigenvalue weighted by molar-refractivity contribution is -0.385. The molecule has 86 valence electrons. The van der Waals surface area contributed by atoms with Gasteiger partial charge in [-0.3, -0.25) is 10.1 Å². The van der Waals surface area contributed by atoms with Crippen LogP contribution in [0.15, 0.2) is 12.4 Å². The van der Waals surface area contributed by atoms with Gasteiger partial charge >= 0.3 is 5.69 Å². The fraction of sp³-hybridized carbons (Fsp3) is 0.556. The van der Waals surface area contributed by atoms with Crippen LogP contribution in [0.25, 0.3) is 0 Å². The van der Waals surface area contributed by atoms with Gasteiger partial charge in [-0.2, -0.15) is 0 Å². The SMILES string of the molecule is O=[N+]([O-])c1cnc(NCC2CC(O)C2)nc1. The number of hydrogen-bond donors (Lipinski definition) is 2. The van der Waals surface area contributed by atoms with Gasteiger partial charge in [-0.15, -0.1) is 0 Å². The normalized spacial score (nSPS) is 23.6. The molecule has 0 bridgehead atoms. The molecule has 7 nitrogen and oxygen atoms in total. The van der Waals surface area contributed by atoms with Crippen molar-refractivity contribution in [2.75, 3.05) is 11.9 Å². The van der Waals surface area contributed by atoms with Crippen molar-refractivity contribution in [2.24, 2.45) is 5.92 Å². The maximum Gasteiger partial charge on any atom is 0.305 e. The van der Waals surface area contributed by atoms with E-state index in [0.717, 1.165) is 12.8 Å². The third-order valence-corrected chi connectivity index (χ3v) is 2.61. The van der Waals surface area contributed by atoms with Gasteiger partial charge in [0.05, 0.1) is 11.0 Å². The van der Waals surface area contributed by atoms with E-state index in [0.29, 0.717) is 18.4 Å². The van der Waals surface area contributed by atoms with Gasteiger partial charge in [0.1, 0.15) is 12.4 Å². The summed E-state index contributed by atoms with van der Waals surface area (Å²) in [7, 11) is 0. The molecule has 0 radical (unpaired) electrons. The third-order valence-electron chi connectivity index (χ3n) is 2.61. The number of nitrogens with zero attached hydrogens (tertiary/aromatic N) is 3. The molecule has 7 heteroatoms. The average Bonchev–Trinajstić information content (AvgIpc) is 2.23. The van der Waals surface area contributed by atoms with Gasteiger partial charge in [0.15, 0.2) is 0 Å². The van der Waals surface area contributed by atoms with E-state index in [1.54, 1.807) is 0 Å². The van der Waals surface area contributed by atoms with Crippen LogP contribution in [0.1, 0.15) is 12.8 Å². The highest BCUT2D eigenvalue weighted by molar-refractivity contribution is 5.30. The van der Waals surface area contributed by atoms with Crippen molar-refractivity contribution in [3.63, 3.8) is 0 Å². The zero-order valence-electron chi connectivity index (χ0n) is 8.54. The molecule has 0 unspecified atom stereocenters. The van der Waals surface area contributed by atoms with E-state index in [1.165, 1.54) is 12.4 Å². The monoisotopic (exact) mass is 224 g/mol. The van der Waals surface area contributed by atoms with Crippen LogP contribution in [-0.4, -0.2) is 32.6 Å². The van der Waals surface area contributed by atoms with Crippen LogP contribution in [0, 0.1) is 16.0 Å². The molecule has 0 atom stereocenters. The molecule has 1 fully saturated rings. The van der Waals surface area contributed by atoms with E-state index in [2.05, 4.69) is 15.3 Å². The maximum absolute atomic E-state index is 10.3. The lowest BCUT2D eigenvalue weighted by Gasteiger charge is -2.31. The number of aromatic nitrogens is 2. The van der Waals surface area contributed by atoms with Crippen molar-refractivity contribution in [3.05, 3.63) is 22.5 Å². The molecule has 1 aliphatic rings. The minimum atomic E-state index is -0.536. The third kappa shape index (κ3) is 2.43. The molecular formula is C9H12N4O3. The summed E-state index contributed by atoms with van der Waals surface area (Å²) in [5.74, 6) is 0.820. The Bertz CT molecular complexity index is 375.